The highest BCUT2D eigenvalue weighted by atomic mass is 16.6. The first kappa shape index (κ1) is 18.1. The Labute approximate surface area is 172 Å². The molecule has 7 nitrogen and oxygen atoms in total. The van der Waals surface area contributed by atoms with Gasteiger partial charge in [0, 0.05) is 29.7 Å². The number of anilines is 1. The largest absolute Gasteiger partial charge is 0.487 e. The van der Waals surface area contributed by atoms with Gasteiger partial charge in [0.25, 0.3) is 5.91 Å². The van der Waals surface area contributed by atoms with Crippen LogP contribution in [0, 0.1) is 0 Å². The van der Waals surface area contributed by atoms with Crippen molar-refractivity contribution in [2.45, 2.75) is 6.61 Å². The highest BCUT2D eigenvalue weighted by Crippen LogP contribution is 2.31. The molecule has 0 aliphatic carbocycles. The van der Waals surface area contributed by atoms with E-state index >= 15 is 0 Å². The molecule has 1 amide bonds. The number of carbonyl (C=O) groups excluding carboxylic acids is 1. The number of benzene rings is 2. The van der Waals surface area contributed by atoms with E-state index in [-0.39, 0.29) is 5.91 Å². The van der Waals surface area contributed by atoms with Gasteiger partial charge in [-0.25, -0.2) is 4.98 Å². The summed E-state index contributed by atoms with van der Waals surface area (Å²) in [5, 5.41) is 2.89. The molecule has 0 saturated carbocycles. The molecule has 3 heterocycles. The smallest absolute Gasteiger partial charge is 0.255 e. The Morgan fingerprint density at radius 1 is 1.03 bits per heavy atom. The summed E-state index contributed by atoms with van der Waals surface area (Å²) in [6.07, 6.45) is 3.88. The van der Waals surface area contributed by atoms with Gasteiger partial charge in [0.2, 0.25) is 0 Å². The monoisotopic (exact) mass is 401 g/mol. The van der Waals surface area contributed by atoms with Crippen LogP contribution < -0.4 is 19.5 Å². The molecule has 0 radical (unpaired) electrons. The van der Waals surface area contributed by atoms with Crippen LogP contribution in [-0.2, 0) is 6.61 Å². The Balaban J connectivity index is 1.26. The van der Waals surface area contributed by atoms with Gasteiger partial charge in [0.15, 0.2) is 11.5 Å². The average molecular weight is 401 g/mol. The molecule has 2 aromatic heterocycles. The van der Waals surface area contributed by atoms with Crippen LogP contribution in [0.15, 0.2) is 73.1 Å². The number of imidazole rings is 1. The molecular weight excluding hydrogens is 382 g/mol. The van der Waals surface area contributed by atoms with E-state index in [1.807, 2.05) is 53.2 Å². The van der Waals surface area contributed by atoms with Gasteiger partial charge in [-0.15, -0.1) is 0 Å². The third kappa shape index (κ3) is 3.77. The van der Waals surface area contributed by atoms with Crippen LogP contribution >= 0.6 is 0 Å². The molecule has 0 unspecified atom stereocenters. The van der Waals surface area contributed by atoms with Gasteiger partial charge in [-0.05, 0) is 42.5 Å². The fourth-order valence-corrected chi connectivity index (χ4v) is 3.27. The molecule has 30 heavy (non-hydrogen) atoms. The number of rotatable bonds is 5. The lowest BCUT2D eigenvalue weighted by atomic mass is 10.1. The molecule has 1 aliphatic rings. The van der Waals surface area contributed by atoms with E-state index in [1.54, 1.807) is 24.3 Å². The summed E-state index contributed by atoms with van der Waals surface area (Å²) in [5.74, 6) is 1.65. The van der Waals surface area contributed by atoms with Crippen LogP contribution in [0.25, 0.3) is 5.65 Å². The number of amides is 1. The maximum atomic E-state index is 12.6. The van der Waals surface area contributed by atoms with Crippen molar-refractivity contribution in [1.82, 2.24) is 9.38 Å². The molecule has 7 heteroatoms. The summed E-state index contributed by atoms with van der Waals surface area (Å²) >= 11 is 0. The van der Waals surface area contributed by atoms with Crippen LogP contribution in [0.2, 0.25) is 0 Å². The summed E-state index contributed by atoms with van der Waals surface area (Å²) in [4.78, 5) is 17.1. The van der Waals surface area contributed by atoms with E-state index in [0.29, 0.717) is 48.3 Å². The molecule has 1 N–H and O–H groups in total. The Morgan fingerprint density at radius 2 is 1.93 bits per heavy atom. The van der Waals surface area contributed by atoms with Crippen molar-refractivity contribution in [3.8, 4) is 17.2 Å². The third-order valence-corrected chi connectivity index (χ3v) is 4.70. The summed E-state index contributed by atoms with van der Waals surface area (Å²) in [6, 6.07) is 18.3. The minimum Gasteiger partial charge on any atom is -0.487 e. The maximum absolute atomic E-state index is 12.6. The standard InChI is InChI=1S/C23H19N3O4/c27-23(16-7-8-20-21(12-16)29-11-10-28-20)25-17-4-3-5-19(13-17)30-15-18-14-26-9-2-1-6-22(26)24-18/h1-9,12-14H,10-11,15H2,(H,25,27). The van der Waals surface area contributed by atoms with Crippen LogP contribution in [-0.4, -0.2) is 28.5 Å². The van der Waals surface area contributed by atoms with Crippen molar-refractivity contribution < 1.29 is 19.0 Å². The quantitative estimate of drug-likeness (QED) is 0.548. The number of ether oxygens (including phenoxy) is 3. The van der Waals surface area contributed by atoms with Gasteiger partial charge in [-0.1, -0.05) is 12.1 Å². The fourth-order valence-electron chi connectivity index (χ4n) is 3.27. The molecule has 5 rings (SSSR count). The fraction of sp³-hybridized carbons (Fsp3) is 0.130. The van der Waals surface area contributed by atoms with E-state index in [0.717, 1.165) is 11.3 Å². The lowest BCUT2D eigenvalue weighted by molar-refractivity contribution is 0.102. The number of aromatic nitrogens is 2. The zero-order valence-corrected chi connectivity index (χ0v) is 16.1. The van der Waals surface area contributed by atoms with Crippen molar-refractivity contribution >= 4 is 17.2 Å². The molecular formula is C23H19N3O4. The molecule has 0 fully saturated rings. The second kappa shape index (κ2) is 7.79. The van der Waals surface area contributed by atoms with Crippen molar-refractivity contribution in [2.75, 3.05) is 18.5 Å². The summed E-state index contributed by atoms with van der Waals surface area (Å²) in [7, 11) is 0. The van der Waals surface area contributed by atoms with Crippen LogP contribution in [0.4, 0.5) is 5.69 Å². The zero-order chi connectivity index (χ0) is 20.3. The van der Waals surface area contributed by atoms with Crippen molar-refractivity contribution in [3.05, 3.63) is 84.3 Å². The van der Waals surface area contributed by atoms with Gasteiger partial charge in [-0.2, -0.15) is 0 Å². The van der Waals surface area contributed by atoms with Crippen molar-refractivity contribution in [1.29, 1.82) is 0 Å². The minimum absolute atomic E-state index is 0.232. The van der Waals surface area contributed by atoms with E-state index in [2.05, 4.69) is 10.3 Å². The number of pyridine rings is 1. The molecule has 0 spiro atoms. The van der Waals surface area contributed by atoms with Gasteiger partial charge < -0.3 is 23.9 Å². The van der Waals surface area contributed by atoms with Crippen LogP contribution in [0.1, 0.15) is 16.1 Å². The molecule has 0 saturated heterocycles. The summed E-state index contributed by atoms with van der Waals surface area (Å²) < 4.78 is 18.8. The number of carbonyl (C=O) groups is 1. The van der Waals surface area contributed by atoms with Crippen LogP contribution in [0.5, 0.6) is 17.2 Å². The number of hydrogen-bond donors (Lipinski definition) is 1. The molecule has 150 valence electrons. The Bertz CT molecular complexity index is 1190. The SMILES string of the molecule is O=C(Nc1cccc(OCc2cn3ccccc3n2)c1)c1ccc2c(c1)OCCO2. The third-order valence-electron chi connectivity index (χ3n) is 4.70. The first-order valence-corrected chi connectivity index (χ1v) is 9.61. The molecule has 1 aliphatic heterocycles. The Morgan fingerprint density at radius 3 is 2.83 bits per heavy atom. The molecule has 4 aromatic rings. The first-order chi connectivity index (χ1) is 14.7. The first-order valence-electron chi connectivity index (χ1n) is 9.61. The molecule has 2 aromatic carbocycles. The predicted molar refractivity (Wildman–Crippen MR) is 111 cm³/mol. The van der Waals surface area contributed by atoms with Gasteiger partial charge in [-0.3, -0.25) is 4.79 Å². The average Bonchev–Trinajstić information content (AvgIpc) is 3.21. The van der Waals surface area contributed by atoms with Crippen molar-refractivity contribution in [3.63, 3.8) is 0 Å². The molecule has 0 bridgehead atoms. The predicted octanol–water partition coefficient (Wildman–Crippen LogP) is 3.94. The second-order valence-electron chi connectivity index (χ2n) is 6.83. The number of nitrogens with one attached hydrogen (secondary N) is 1. The zero-order valence-electron chi connectivity index (χ0n) is 16.1. The lowest BCUT2D eigenvalue weighted by Gasteiger charge is -2.18. The topological polar surface area (TPSA) is 74.1 Å². The normalized spacial score (nSPS) is 12.5. The van der Waals surface area contributed by atoms with Crippen molar-refractivity contribution in [2.24, 2.45) is 0 Å². The number of hydrogen-bond acceptors (Lipinski definition) is 5. The summed E-state index contributed by atoms with van der Waals surface area (Å²) in [5.41, 5.74) is 2.83. The van der Waals surface area contributed by atoms with Gasteiger partial charge in [0.05, 0.1) is 5.69 Å². The lowest BCUT2D eigenvalue weighted by Crippen LogP contribution is -2.17. The van der Waals surface area contributed by atoms with Gasteiger partial charge >= 0.3 is 0 Å². The maximum Gasteiger partial charge on any atom is 0.255 e. The van der Waals surface area contributed by atoms with Crippen LogP contribution in [0.3, 0.4) is 0 Å². The number of nitrogens with zero attached hydrogens (tertiary/aromatic N) is 2. The van der Waals surface area contributed by atoms with E-state index in [4.69, 9.17) is 14.2 Å². The highest BCUT2D eigenvalue weighted by molar-refractivity contribution is 6.04. The van der Waals surface area contributed by atoms with E-state index < -0.39 is 0 Å². The van der Waals surface area contributed by atoms with E-state index in [1.165, 1.54) is 0 Å². The van der Waals surface area contributed by atoms with E-state index in [9.17, 15) is 4.79 Å². The van der Waals surface area contributed by atoms with Gasteiger partial charge in [0.1, 0.15) is 31.2 Å². The second-order valence-corrected chi connectivity index (χ2v) is 6.83. The highest BCUT2D eigenvalue weighted by Gasteiger charge is 2.15. The Kier molecular flexibility index (Phi) is 4.69. The Hall–Kier alpha value is -4.00. The summed E-state index contributed by atoms with van der Waals surface area (Å²) in [6.45, 7) is 1.32. The molecule has 0 atom stereocenters. The minimum atomic E-state index is -0.232. The number of fused-ring (bicyclic) bond motifs is 2.